The van der Waals surface area contributed by atoms with Crippen LogP contribution in [0.5, 0.6) is 5.75 Å². The van der Waals surface area contributed by atoms with Gasteiger partial charge in [0, 0.05) is 12.1 Å². The maximum absolute atomic E-state index is 12.3. The molecule has 0 spiro atoms. The zero-order chi connectivity index (χ0) is 14.6. The van der Waals surface area contributed by atoms with E-state index in [-0.39, 0.29) is 17.7 Å². The van der Waals surface area contributed by atoms with Crippen LogP contribution in [0.4, 0.5) is 13.2 Å². The summed E-state index contributed by atoms with van der Waals surface area (Å²) in [4.78, 5) is 11.4. The number of halogens is 3. The van der Waals surface area contributed by atoms with E-state index in [2.05, 4.69) is 9.47 Å². The Kier molecular flexibility index (Phi) is 4.34. The van der Waals surface area contributed by atoms with Gasteiger partial charge in [-0.3, -0.25) is 0 Å². The Hall–Kier alpha value is -2.27. The molecule has 5 nitrogen and oxygen atoms in total. The van der Waals surface area contributed by atoms with Gasteiger partial charge in [0.05, 0.1) is 18.7 Å². The first-order valence-electron chi connectivity index (χ1n) is 4.94. The molecule has 1 rings (SSSR count). The van der Waals surface area contributed by atoms with Crippen molar-refractivity contribution in [2.75, 3.05) is 7.11 Å². The lowest BCUT2D eigenvalue weighted by Gasteiger charge is -2.16. The zero-order valence-electron chi connectivity index (χ0n) is 9.75. The molecule has 1 aromatic carbocycles. The van der Waals surface area contributed by atoms with Crippen LogP contribution in [0.15, 0.2) is 12.1 Å². The summed E-state index contributed by atoms with van der Waals surface area (Å²) in [5, 5.41) is 8.80. The van der Waals surface area contributed by atoms with E-state index in [1.54, 1.807) is 6.07 Å². The maximum atomic E-state index is 12.3. The second-order valence-electron chi connectivity index (χ2n) is 3.32. The molecule has 0 atom stereocenters. The minimum absolute atomic E-state index is 0.102. The number of ether oxygens (including phenoxy) is 2. The lowest BCUT2D eigenvalue weighted by Crippen LogP contribution is -2.21. The fourth-order valence-corrected chi connectivity index (χ4v) is 1.44. The summed E-state index contributed by atoms with van der Waals surface area (Å²) in [7, 11) is 1.01. The third kappa shape index (κ3) is 3.35. The van der Waals surface area contributed by atoms with Crippen molar-refractivity contribution in [3.8, 4) is 11.8 Å². The number of esters is 1. The molecule has 0 heterocycles. The molecular formula is C11H9F3N2O3. The number of hydrogen-bond acceptors (Lipinski definition) is 5. The molecule has 0 bridgehead atoms. The molecular weight excluding hydrogens is 265 g/mol. The van der Waals surface area contributed by atoms with Crippen molar-refractivity contribution in [2.45, 2.75) is 12.9 Å². The normalized spacial score (nSPS) is 10.7. The summed E-state index contributed by atoms with van der Waals surface area (Å²) in [6.45, 7) is -0.390. The van der Waals surface area contributed by atoms with Gasteiger partial charge in [-0.15, -0.1) is 13.2 Å². The van der Waals surface area contributed by atoms with Gasteiger partial charge in [0.25, 0.3) is 0 Å². The second-order valence-corrected chi connectivity index (χ2v) is 3.32. The number of nitrogens with two attached hydrogens (primary N) is 1. The van der Waals surface area contributed by atoms with E-state index in [4.69, 9.17) is 11.0 Å². The highest BCUT2D eigenvalue weighted by Gasteiger charge is 2.35. The van der Waals surface area contributed by atoms with Crippen LogP contribution >= 0.6 is 0 Å². The minimum atomic E-state index is -5.01. The number of alkyl halides is 3. The first-order chi connectivity index (χ1) is 8.84. The van der Waals surface area contributed by atoms with Crippen molar-refractivity contribution < 1.29 is 27.4 Å². The summed E-state index contributed by atoms with van der Waals surface area (Å²) in [5.41, 5.74) is 4.55. The van der Waals surface area contributed by atoms with Crippen LogP contribution in [0.1, 0.15) is 21.5 Å². The number of rotatable bonds is 3. The summed E-state index contributed by atoms with van der Waals surface area (Å²) in [5.74, 6) is -1.82. The van der Waals surface area contributed by atoms with E-state index < -0.39 is 23.6 Å². The van der Waals surface area contributed by atoms with E-state index in [1.165, 1.54) is 6.07 Å². The molecule has 0 aliphatic rings. The number of benzene rings is 1. The largest absolute Gasteiger partial charge is 0.573 e. The number of carbonyl (C=O) groups excluding carboxylic acids is 1. The van der Waals surface area contributed by atoms with Gasteiger partial charge in [-0.05, 0) is 12.1 Å². The van der Waals surface area contributed by atoms with E-state index >= 15 is 0 Å². The van der Waals surface area contributed by atoms with Crippen LogP contribution in [0.2, 0.25) is 0 Å². The van der Waals surface area contributed by atoms with E-state index in [0.29, 0.717) is 0 Å². The minimum Gasteiger partial charge on any atom is -0.465 e. The number of nitriles is 1. The summed E-state index contributed by atoms with van der Waals surface area (Å²) in [6, 6.07) is 3.87. The summed E-state index contributed by atoms with van der Waals surface area (Å²) < 4.78 is 45.2. The molecule has 1 aromatic rings. The van der Waals surface area contributed by atoms with Gasteiger partial charge < -0.3 is 15.2 Å². The van der Waals surface area contributed by atoms with Crippen molar-refractivity contribution in [1.82, 2.24) is 0 Å². The maximum Gasteiger partial charge on any atom is 0.573 e. The predicted octanol–water partition coefficient (Wildman–Crippen LogP) is 1.70. The molecule has 2 N–H and O–H groups in total. The Balaban J connectivity index is 3.49. The predicted molar refractivity (Wildman–Crippen MR) is 57.1 cm³/mol. The second kappa shape index (κ2) is 5.58. The lowest BCUT2D eigenvalue weighted by atomic mass is 10.0. The molecule has 0 aliphatic carbocycles. The van der Waals surface area contributed by atoms with Crippen LogP contribution in [0.25, 0.3) is 0 Å². The molecule has 0 fully saturated rings. The van der Waals surface area contributed by atoms with Crippen LogP contribution in [0, 0.1) is 11.3 Å². The molecule has 0 aromatic heterocycles. The van der Waals surface area contributed by atoms with Gasteiger partial charge >= 0.3 is 12.3 Å². The molecule has 19 heavy (non-hydrogen) atoms. The number of methoxy groups -OCH3 is 1. The molecule has 0 aliphatic heterocycles. The zero-order valence-corrected chi connectivity index (χ0v) is 9.75. The molecule has 0 amide bonds. The molecule has 0 unspecified atom stereocenters. The smallest absolute Gasteiger partial charge is 0.465 e. The van der Waals surface area contributed by atoms with Gasteiger partial charge in [0.1, 0.15) is 11.3 Å². The fourth-order valence-electron chi connectivity index (χ4n) is 1.44. The first kappa shape index (κ1) is 14.8. The number of carbonyl (C=O) groups is 1. The van der Waals surface area contributed by atoms with Gasteiger partial charge in [-0.25, -0.2) is 4.79 Å². The Bertz CT molecular complexity index is 535. The van der Waals surface area contributed by atoms with Crippen molar-refractivity contribution >= 4 is 5.97 Å². The molecule has 0 radical (unpaired) electrons. The number of hydrogen-bond donors (Lipinski definition) is 1. The van der Waals surface area contributed by atoms with E-state index in [1.807, 2.05) is 0 Å². The standard InChI is InChI=1S/C11H9F3N2O3/c1-18-10(17)7-3-2-6(4-15)8(5-16)9(7)19-11(12,13)14/h2-3H,5,16H2,1H3. The highest BCUT2D eigenvalue weighted by atomic mass is 19.4. The average Bonchev–Trinajstić information content (AvgIpc) is 2.35. The SMILES string of the molecule is COC(=O)c1ccc(C#N)c(CN)c1OC(F)(F)F. The Morgan fingerprint density at radius 3 is 2.53 bits per heavy atom. The lowest BCUT2D eigenvalue weighted by molar-refractivity contribution is -0.275. The highest BCUT2D eigenvalue weighted by molar-refractivity contribution is 5.93. The molecule has 0 saturated carbocycles. The van der Waals surface area contributed by atoms with E-state index in [9.17, 15) is 18.0 Å². The van der Waals surface area contributed by atoms with Gasteiger partial charge in [-0.2, -0.15) is 5.26 Å². The van der Waals surface area contributed by atoms with Crippen molar-refractivity contribution in [3.05, 3.63) is 28.8 Å². The summed E-state index contributed by atoms with van der Waals surface area (Å²) >= 11 is 0. The van der Waals surface area contributed by atoms with Gasteiger partial charge in [0.2, 0.25) is 0 Å². The van der Waals surface area contributed by atoms with E-state index in [0.717, 1.165) is 13.2 Å². The first-order valence-corrected chi connectivity index (χ1v) is 4.94. The Labute approximate surface area is 106 Å². The van der Waals surface area contributed by atoms with Crippen molar-refractivity contribution in [1.29, 1.82) is 5.26 Å². The topological polar surface area (TPSA) is 85.3 Å². The molecule has 102 valence electrons. The Morgan fingerprint density at radius 2 is 2.11 bits per heavy atom. The average molecular weight is 274 g/mol. The number of nitrogens with zero attached hydrogens (tertiary/aromatic N) is 1. The van der Waals surface area contributed by atoms with Crippen LogP contribution < -0.4 is 10.5 Å². The van der Waals surface area contributed by atoms with Crippen molar-refractivity contribution in [2.24, 2.45) is 5.73 Å². The van der Waals surface area contributed by atoms with Crippen LogP contribution in [-0.4, -0.2) is 19.4 Å². The summed E-state index contributed by atoms with van der Waals surface area (Å²) in [6.07, 6.45) is -5.01. The van der Waals surface area contributed by atoms with Crippen LogP contribution in [0.3, 0.4) is 0 Å². The molecule has 8 heteroatoms. The van der Waals surface area contributed by atoms with Crippen LogP contribution in [-0.2, 0) is 11.3 Å². The Morgan fingerprint density at radius 1 is 1.47 bits per heavy atom. The van der Waals surface area contributed by atoms with Gasteiger partial charge in [-0.1, -0.05) is 0 Å². The van der Waals surface area contributed by atoms with Gasteiger partial charge in [0.15, 0.2) is 0 Å². The van der Waals surface area contributed by atoms with Crippen molar-refractivity contribution in [3.63, 3.8) is 0 Å². The third-order valence-electron chi connectivity index (χ3n) is 2.21. The highest BCUT2D eigenvalue weighted by Crippen LogP contribution is 2.32. The fraction of sp³-hybridized carbons (Fsp3) is 0.273. The third-order valence-corrected chi connectivity index (χ3v) is 2.21. The molecule has 0 saturated heterocycles. The monoisotopic (exact) mass is 274 g/mol. The quantitative estimate of drug-likeness (QED) is 0.848.